The highest BCUT2D eigenvalue weighted by Crippen LogP contribution is 2.23. The number of amides is 1. The molecule has 6 heteroatoms. The van der Waals surface area contributed by atoms with Gasteiger partial charge in [0.05, 0.1) is 0 Å². The number of halogens is 1. The van der Waals surface area contributed by atoms with Gasteiger partial charge in [0.25, 0.3) is 0 Å². The lowest BCUT2D eigenvalue weighted by Gasteiger charge is -2.31. The standard InChI is InChI=1S/C20H31FN4O/c1-15-7-4-5-10-18(15)24-20(23-14-19(26)25(2)3)22-12-11-16-8-6-9-17(21)13-16/h6,8-9,13,15,18H,4-5,7,10-12,14H2,1-3H3,(H2,22,23,24). The van der Waals surface area contributed by atoms with Gasteiger partial charge in [-0.3, -0.25) is 4.79 Å². The molecule has 2 atom stereocenters. The van der Waals surface area contributed by atoms with E-state index in [0.717, 1.165) is 12.0 Å². The van der Waals surface area contributed by atoms with Crippen molar-refractivity contribution < 1.29 is 9.18 Å². The van der Waals surface area contributed by atoms with Crippen molar-refractivity contribution in [2.24, 2.45) is 10.9 Å². The highest BCUT2D eigenvalue weighted by atomic mass is 19.1. The monoisotopic (exact) mass is 362 g/mol. The highest BCUT2D eigenvalue weighted by Gasteiger charge is 2.22. The van der Waals surface area contributed by atoms with Gasteiger partial charge in [0.2, 0.25) is 5.91 Å². The summed E-state index contributed by atoms with van der Waals surface area (Å²) in [6.07, 6.45) is 5.52. The molecule has 1 aliphatic rings. The molecule has 26 heavy (non-hydrogen) atoms. The summed E-state index contributed by atoms with van der Waals surface area (Å²) in [5.74, 6) is 0.994. The minimum atomic E-state index is -0.220. The number of nitrogens with zero attached hydrogens (tertiary/aromatic N) is 2. The molecule has 0 spiro atoms. The second-order valence-electron chi connectivity index (χ2n) is 7.27. The van der Waals surface area contributed by atoms with Gasteiger partial charge in [-0.15, -0.1) is 0 Å². The third kappa shape index (κ3) is 6.65. The van der Waals surface area contributed by atoms with Gasteiger partial charge in [-0.05, 0) is 42.9 Å². The van der Waals surface area contributed by atoms with E-state index < -0.39 is 0 Å². The van der Waals surface area contributed by atoms with Crippen molar-refractivity contribution in [2.45, 2.75) is 45.1 Å². The van der Waals surface area contributed by atoms with Crippen molar-refractivity contribution in [1.82, 2.24) is 15.5 Å². The van der Waals surface area contributed by atoms with Crippen LogP contribution in [0.1, 0.15) is 38.2 Å². The Morgan fingerprint density at radius 1 is 1.31 bits per heavy atom. The summed E-state index contributed by atoms with van der Waals surface area (Å²) in [7, 11) is 3.46. The Labute approximate surface area is 156 Å². The van der Waals surface area contributed by atoms with Crippen molar-refractivity contribution in [3.63, 3.8) is 0 Å². The number of benzene rings is 1. The molecule has 1 aromatic rings. The Morgan fingerprint density at radius 2 is 2.08 bits per heavy atom. The zero-order valence-electron chi connectivity index (χ0n) is 16.1. The fourth-order valence-electron chi connectivity index (χ4n) is 3.16. The molecule has 144 valence electrons. The molecule has 0 bridgehead atoms. The second-order valence-corrected chi connectivity index (χ2v) is 7.27. The van der Waals surface area contributed by atoms with Crippen LogP contribution in [0.3, 0.4) is 0 Å². The van der Waals surface area contributed by atoms with Gasteiger partial charge in [0.1, 0.15) is 12.4 Å². The van der Waals surface area contributed by atoms with E-state index in [4.69, 9.17) is 0 Å². The second kappa shape index (κ2) is 10.1. The first kappa shape index (κ1) is 20.2. The maximum Gasteiger partial charge on any atom is 0.243 e. The van der Waals surface area contributed by atoms with Crippen LogP contribution in [0, 0.1) is 11.7 Å². The predicted octanol–water partition coefficient (Wildman–Crippen LogP) is 2.57. The maximum atomic E-state index is 13.3. The molecule has 2 rings (SSSR count). The average molecular weight is 362 g/mol. The smallest absolute Gasteiger partial charge is 0.243 e. The van der Waals surface area contributed by atoms with Crippen LogP contribution >= 0.6 is 0 Å². The van der Waals surface area contributed by atoms with E-state index in [1.54, 1.807) is 26.2 Å². The minimum Gasteiger partial charge on any atom is -0.356 e. The Hall–Kier alpha value is -2.11. The fraction of sp³-hybridized carbons (Fsp3) is 0.600. The van der Waals surface area contributed by atoms with E-state index in [1.807, 2.05) is 6.07 Å². The van der Waals surface area contributed by atoms with Gasteiger partial charge >= 0.3 is 0 Å². The number of rotatable bonds is 6. The molecule has 0 saturated heterocycles. The van der Waals surface area contributed by atoms with Gasteiger partial charge in [-0.1, -0.05) is 31.9 Å². The molecular formula is C20H31FN4O. The van der Waals surface area contributed by atoms with Crippen LogP contribution in [0.25, 0.3) is 0 Å². The van der Waals surface area contributed by atoms with Crippen LogP contribution in [0.5, 0.6) is 0 Å². The molecule has 2 N–H and O–H groups in total. The number of carbonyl (C=O) groups excluding carboxylic acids is 1. The van der Waals surface area contributed by atoms with Crippen LogP contribution in [-0.2, 0) is 11.2 Å². The van der Waals surface area contributed by atoms with Crippen LogP contribution in [0.2, 0.25) is 0 Å². The first-order valence-electron chi connectivity index (χ1n) is 9.45. The van der Waals surface area contributed by atoms with E-state index in [2.05, 4.69) is 22.5 Å². The Kier molecular flexibility index (Phi) is 7.88. The minimum absolute atomic E-state index is 0.0343. The van der Waals surface area contributed by atoms with E-state index in [0.29, 0.717) is 30.9 Å². The average Bonchev–Trinajstić information content (AvgIpc) is 2.61. The summed E-state index contributed by atoms with van der Waals surface area (Å²) < 4.78 is 13.3. The van der Waals surface area contributed by atoms with E-state index in [1.165, 1.54) is 30.2 Å². The third-order valence-electron chi connectivity index (χ3n) is 4.90. The molecule has 1 amide bonds. The number of likely N-dealkylation sites (N-methyl/N-ethyl adjacent to an activating group) is 1. The van der Waals surface area contributed by atoms with Crippen LogP contribution in [0.15, 0.2) is 29.3 Å². The van der Waals surface area contributed by atoms with Gasteiger partial charge in [-0.25, -0.2) is 9.38 Å². The zero-order chi connectivity index (χ0) is 18.9. The number of hydrogen-bond acceptors (Lipinski definition) is 2. The Morgan fingerprint density at radius 3 is 2.77 bits per heavy atom. The van der Waals surface area contributed by atoms with Crippen molar-refractivity contribution in [3.05, 3.63) is 35.6 Å². The number of guanidine groups is 1. The molecule has 0 heterocycles. The van der Waals surface area contributed by atoms with Crippen molar-refractivity contribution in [3.8, 4) is 0 Å². The van der Waals surface area contributed by atoms with Crippen LogP contribution in [0.4, 0.5) is 4.39 Å². The lowest BCUT2D eigenvalue weighted by atomic mass is 9.86. The molecule has 1 aromatic carbocycles. The maximum absolute atomic E-state index is 13.3. The summed E-state index contributed by atoms with van der Waals surface area (Å²) >= 11 is 0. The van der Waals surface area contributed by atoms with Crippen LogP contribution < -0.4 is 10.6 Å². The summed E-state index contributed by atoms with van der Waals surface area (Å²) in [6.45, 7) is 3.00. The molecular weight excluding hydrogens is 331 g/mol. The molecule has 0 aliphatic heterocycles. The summed E-state index contributed by atoms with van der Waals surface area (Å²) in [6, 6.07) is 7.00. The molecule has 0 aromatic heterocycles. The number of hydrogen-bond donors (Lipinski definition) is 2. The third-order valence-corrected chi connectivity index (χ3v) is 4.90. The lowest BCUT2D eigenvalue weighted by molar-refractivity contribution is -0.127. The molecule has 1 aliphatic carbocycles. The van der Waals surface area contributed by atoms with E-state index in [-0.39, 0.29) is 18.3 Å². The summed E-state index contributed by atoms with van der Waals surface area (Å²) in [5.41, 5.74) is 0.937. The summed E-state index contributed by atoms with van der Waals surface area (Å²) in [5, 5.41) is 6.79. The van der Waals surface area contributed by atoms with Crippen LogP contribution in [-0.4, -0.2) is 50.0 Å². The Balaban J connectivity index is 1.94. The summed E-state index contributed by atoms with van der Waals surface area (Å²) in [4.78, 5) is 17.8. The molecule has 0 radical (unpaired) electrons. The Bertz CT molecular complexity index is 618. The SMILES string of the molecule is CC1CCCCC1NC(=NCC(=O)N(C)C)NCCc1cccc(F)c1. The predicted molar refractivity (Wildman–Crippen MR) is 104 cm³/mol. The topological polar surface area (TPSA) is 56.7 Å². The molecule has 1 fully saturated rings. The lowest BCUT2D eigenvalue weighted by Crippen LogP contribution is -2.48. The number of aliphatic imine (C=N–C) groups is 1. The quantitative estimate of drug-likeness (QED) is 0.604. The fourth-order valence-corrected chi connectivity index (χ4v) is 3.16. The number of nitrogens with one attached hydrogen (secondary N) is 2. The molecule has 5 nitrogen and oxygen atoms in total. The normalized spacial score (nSPS) is 20.5. The van der Waals surface area contributed by atoms with Gasteiger partial charge in [-0.2, -0.15) is 0 Å². The highest BCUT2D eigenvalue weighted by molar-refractivity contribution is 5.85. The van der Waals surface area contributed by atoms with Gasteiger partial charge < -0.3 is 15.5 Å². The molecule has 2 unspecified atom stereocenters. The van der Waals surface area contributed by atoms with Crippen molar-refractivity contribution >= 4 is 11.9 Å². The largest absolute Gasteiger partial charge is 0.356 e. The number of carbonyl (C=O) groups is 1. The van der Waals surface area contributed by atoms with Gasteiger partial charge in [0, 0.05) is 26.7 Å². The van der Waals surface area contributed by atoms with E-state index in [9.17, 15) is 9.18 Å². The molecule has 1 saturated carbocycles. The van der Waals surface area contributed by atoms with Gasteiger partial charge in [0.15, 0.2) is 5.96 Å². The van der Waals surface area contributed by atoms with E-state index >= 15 is 0 Å². The first-order valence-corrected chi connectivity index (χ1v) is 9.45. The zero-order valence-corrected chi connectivity index (χ0v) is 16.1. The van der Waals surface area contributed by atoms with Crippen molar-refractivity contribution in [1.29, 1.82) is 0 Å². The van der Waals surface area contributed by atoms with Crippen molar-refractivity contribution in [2.75, 3.05) is 27.2 Å². The first-order chi connectivity index (χ1) is 12.5.